The number of ether oxygens (including phenoxy) is 2. The van der Waals surface area contributed by atoms with Crippen molar-refractivity contribution in [1.29, 1.82) is 0 Å². The topological polar surface area (TPSA) is 67.9 Å². The maximum absolute atomic E-state index is 12.5. The van der Waals surface area contributed by atoms with Gasteiger partial charge >= 0.3 is 0 Å². The summed E-state index contributed by atoms with van der Waals surface area (Å²) < 4.78 is 37.9. The van der Waals surface area contributed by atoms with Crippen molar-refractivity contribution in [3.05, 3.63) is 53.1 Å². The molecule has 1 aliphatic rings. The van der Waals surface area contributed by atoms with Crippen LogP contribution in [0.3, 0.4) is 0 Å². The van der Waals surface area contributed by atoms with Crippen molar-refractivity contribution < 1.29 is 17.9 Å². The van der Waals surface area contributed by atoms with Crippen LogP contribution >= 0.6 is 11.6 Å². The normalized spacial score (nSPS) is 15.6. The molecule has 140 valence electrons. The summed E-state index contributed by atoms with van der Waals surface area (Å²) >= 11 is 6.35. The fourth-order valence-corrected chi connectivity index (χ4v) is 4.00. The Balaban J connectivity index is 1.71. The highest BCUT2D eigenvalue weighted by molar-refractivity contribution is 7.92. The van der Waals surface area contributed by atoms with E-state index in [1.54, 1.807) is 24.3 Å². The van der Waals surface area contributed by atoms with Crippen molar-refractivity contribution in [2.24, 2.45) is 0 Å². The van der Waals surface area contributed by atoms with E-state index in [9.17, 15) is 8.42 Å². The van der Waals surface area contributed by atoms with Gasteiger partial charge in [0.1, 0.15) is 5.75 Å². The van der Waals surface area contributed by atoms with E-state index in [1.807, 2.05) is 6.07 Å². The van der Waals surface area contributed by atoms with E-state index >= 15 is 0 Å². The zero-order chi connectivity index (χ0) is 18.6. The van der Waals surface area contributed by atoms with Crippen LogP contribution in [0.2, 0.25) is 5.02 Å². The minimum absolute atomic E-state index is 0.159. The number of hydrogen-bond acceptors (Lipinski definition) is 5. The second-order valence-electron chi connectivity index (χ2n) is 5.98. The summed E-state index contributed by atoms with van der Waals surface area (Å²) in [6.45, 7) is 3.88. The minimum Gasteiger partial charge on any atom is -0.497 e. The Morgan fingerprint density at radius 1 is 1.15 bits per heavy atom. The molecule has 1 saturated heterocycles. The molecule has 6 nitrogen and oxygen atoms in total. The molecule has 1 N–H and O–H groups in total. The summed E-state index contributed by atoms with van der Waals surface area (Å²) in [6.07, 6.45) is 0. The summed E-state index contributed by atoms with van der Waals surface area (Å²) in [5.74, 6) is 0.597. The number of nitrogens with zero attached hydrogens (tertiary/aromatic N) is 1. The number of sulfonamides is 1. The van der Waals surface area contributed by atoms with E-state index in [4.69, 9.17) is 21.1 Å². The lowest BCUT2D eigenvalue weighted by Gasteiger charge is -2.27. The second kappa shape index (κ2) is 8.26. The first-order valence-corrected chi connectivity index (χ1v) is 10.1. The highest BCUT2D eigenvalue weighted by Crippen LogP contribution is 2.25. The Labute approximate surface area is 158 Å². The number of halogens is 1. The Bertz CT molecular complexity index is 850. The maximum Gasteiger partial charge on any atom is 0.261 e. The number of methoxy groups -OCH3 is 1. The van der Waals surface area contributed by atoms with Crippen molar-refractivity contribution in [2.45, 2.75) is 11.4 Å². The Kier molecular flexibility index (Phi) is 6.03. The first kappa shape index (κ1) is 19.0. The summed E-state index contributed by atoms with van der Waals surface area (Å²) in [7, 11) is -2.16. The van der Waals surface area contributed by atoms with Crippen LogP contribution < -0.4 is 9.46 Å². The van der Waals surface area contributed by atoms with E-state index in [0.29, 0.717) is 23.0 Å². The molecule has 0 amide bonds. The molecule has 0 aromatic heterocycles. The third kappa shape index (κ3) is 4.67. The summed E-state index contributed by atoms with van der Waals surface area (Å²) in [6, 6.07) is 11.4. The minimum atomic E-state index is -3.69. The molecule has 1 fully saturated rings. The quantitative estimate of drug-likeness (QED) is 0.813. The summed E-state index contributed by atoms with van der Waals surface area (Å²) in [5, 5.41) is 0.534. The summed E-state index contributed by atoms with van der Waals surface area (Å²) in [4.78, 5) is 2.41. The van der Waals surface area contributed by atoms with Crippen LogP contribution in [0.1, 0.15) is 5.56 Å². The number of rotatable bonds is 6. The molecular weight excluding hydrogens is 376 g/mol. The number of anilines is 1. The van der Waals surface area contributed by atoms with Gasteiger partial charge in [0, 0.05) is 24.7 Å². The molecule has 0 saturated carbocycles. The predicted molar refractivity (Wildman–Crippen MR) is 101 cm³/mol. The van der Waals surface area contributed by atoms with Crippen molar-refractivity contribution in [2.75, 3.05) is 38.1 Å². The zero-order valence-corrected chi connectivity index (χ0v) is 16.0. The highest BCUT2D eigenvalue weighted by Gasteiger charge is 2.16. The van der Waals surface area contributed by atoms with E-state index in [-0.39, 0.29) is 4.90 Å². The Morgan fingerprint density at radius 2 is 1.85 bits per heavy atom. The highest BCUT2D eigenvalue weighted by atomic mass is 35.5. The predicted octanol–water partition coefficient (Wildman–Crippen LogP) is 2.98. The molecule has 2 aromatic rings. The van der Waals surface area contributed by atoms with Crippen LogP contribution in [-0.4, -0.2) is 46.7 Å². The molecule has 1 heterocycles. The van der Waals surface area contributed by atoms with Gasteiger partial charge in [-0.25, -0.2) is 8.42 Å². The molecule has 0 unspecified atom stereocenters. The Hall–Kier alpha value is -1.80. The zero-order valence-electron chi connectivity index (χ0n) is 14.4. The van der Waals surface area contributed by atoms with E-state index in [2.05, 4.69) is 9.62 Å². The molecule has 3 rings (SSSR count). The van der Waals surface area contributed by atoms with Crippen LogP contribution in [0.5, 0.6) is 5.75 Å². The number of benzene rings is 2. The van der Waals surface area contributed by atoms with Crippen LogP contribution in [0, 0.1) is 0 Å². The Morgan fingerprint density at radius 3 is 2.46 bits per heavy atom. The van der Waals surface area contributed by atoms with E-state index in [1.165, 1.54) is 19.2 Å². The fraction of sp³-hybridized carbons (Fsp3) is 0.333. The van der Waals surface area contributed by atoms with Gasteiger partial charge in [0.05, 0.1) is 30.9 Å². The smallest absolute Gasteiger partial charge is 0.261 e. The van der Waals surface area contributed by atoms with Gasteiger partial charge in [0.25, 0.3) is 10.0 Å². The SMILES string of the molecule is COc1ccc(S(=O)(=O)Nc2ccc(CN3CCOCC3)c(Cl)c2)cc1. The molecular formula is C18H21ClN2O4S. The monoisotopic (exact) mass is 396 g/mol. The molecule has 2 aromatic carbocycles. The number of hydrogen-bond donors (Lipinski definition) is 1. The van der Waals surface area contributed by atoms with Gasteiger partial charge in [-0.3, -0.25) is 9.62 Å². The largest absolute Gasteiger partial charge is 0.497 e. The number of morpholine rings is 1. The molecule has 0 radical (unpaired) electrons. The van der Waals surface area contributed by atoms with Crippen molar-refractivity contribution in [1.82, 2.24) is 4.90 Å². The molecule has 26 heavy (non-hydrogen) atoms. The molecule has 8 heteroatoms. The lowest BCUT2D eigenvalue weighted by atomic mass is 10.2. The molecule has 0 aliphatic carbocycles. The second-order valence-corrected chi connectivity index (χ2v) is 8.07. The van der Waals surface area contributed by atoms with Gasteiger partial charge in [-0.1, -0.05) is 17.7 Å². The van der Waals surface area contributed by atoms with E-state index in [0.717, 1.165) is 31.9 Å². The lowest BCUT2D eigenvalue weighted by Crippen LogP contribution is -2.35. The maximum atomic E-state index is 12.5. The standard InChI is InChI=1S/C18H21ClN2O4S/c1-24-16-4-6-17(7-5-16)26(22,23)20-15-3-2-14(18(19)12-15)13-21-8-10-25-11-9-21/h2-7,12,20H,8-11,13H2,1H3. The first-order valence-electron chi connectivity index (χ1n) is 8.23. The van der Waals surface area contributed by atoms with Crippen molar-refractivity contribution in [3.63, 3.8) is 0 Å². The molecule has 1 aliphatic heterocycles. The van der Waals surface area contributed by atoms with Gasteiger partial charge in [0.15, 0.2) is 0 Å². The average molecular weight is 397 g/mol. The van der Waals surface area contributed by atoms with Crippen molar-refractivity contribution in [3.8, 4) is 5.75 Å². The molecule has 0 atom stereocenters. The van der Waals surface area contributed by atoms with Gasteiger partial charge in [-0.15, -0.1) is 0 Å². The van der Waals surface area contributed by atoms with Gasteiger partial charge in [-0.05, 0) is 42.0 Å². The van der Waals surface area contributed by atoms with Crippen LogP contribution in [0.4, 0.5) is 5.69 Å². The first-order chi connectivity index (χ1) is 12.5. The van der Waals surface area contributed by atoms with Crippen LogP contribution in [-0.2, 0) is 21.3 Å². The van der Waals surface area contributed by atoms with Crippen LogP contribution in [0.15, 0.2) is 47.4 Å². The third-order valence-electron chi connectivity index (χ3n) is 4.17. The summed E-state index contributed by atoms with van der Waals surface area (Å²) in [5.41, 5.74) is 1.39. The van der Waals surface area contributed by atoms with E-state index < -0.39 is 10.0 Å². The number of nitrogens with one attached hydrogen (secondary N) is 1. The third-order valence-corrected chi connectivity index (χ3v) is 5.92. The lowest BCUT2D eigenvalue weighted by molar-refractivity contribution is 0.0342. The van der Waals surface area contributed by atoms with Crippen molar-refractivity contribution >= 4 is 27.3 Å². The average Bonchev–Trinajstić information content (AvgIpc) is 2.64. The van der Waals surface area contributed by atoms with Crippen LogP contribution in [0.25, 0.3) is 0 Å². The fourth-order valence-electron chi connectivity index (χ4n) is 2.71. The molecule has 0 spiro atoms. The van der Waals surface area contributed by atoms with Gasteiger partial charge in [-0.2, -0.15) is 0 Å². The van der Waals surface area contributed by atoms with Gasteiger partial charge < -0.3 is 9.47 Å². The molecule has 0 bridgehead atoms. The van der Waals surface area contributed by atoms with Gasteiger partial charge in [0.2, 0.25) is 0 Å².